The number of amidine groups is 1. The summed E-state index contributed by atoms with van der Waals surface area (Å²) in [5.41, 5.74) is 6.72. The van der Waals surface area contributed by atoms with Gasteiger partial charge >= 0.3 is 0 Å². The summed E-state index contributed by atoms with van der Waals surface area (Å²) in [6.45, 7) is 2.45. The molecule has 1 fully saturated rings. The molecule has 0 aliphatic carbocycles. The fraction of sp³-hybridized carbons (Fsp3) is 0.190. The lowest BCUT2D eigenvalue weighted by Crippen LogP contribution is -2.29. The van der Waals surface area contributed by atoms with Crippen LogP contribution in [0.5, 0.6) is 5.75 Å². The lowest BCUT2D eigenvalue weighted by atomic mass is 10.2. The van der Waals surface area contributed by atoms with Gasteiger partial charge in [-0.15, -0.1) is 0 Å². The SMILES string of the molecule is CCCN1C(=O)/C(=C\c2cccc(OCC(N)=O)c2)SC1=Nc1ccccc1. The second kappa shape index (κ2) is 9.23. The van der Waals surface area contributed by atoms with Crippen molar-refractivity contribution in [1.29, 1.82) is 0 Å². The van der Waals surface area contributed by atoms with E-state index in [1.807, 2.05) is 43.3 Å². The van der Waals surface area contributed by atoms with Crippen LogP contribution in [0.25, 0.3) is 6.08 Å². The van der Waals surface area contributed by atoms with Crippen LogP contribution in [0, 0.1) is 0 Å². The maximum Gasteiger partial charge on any atom is 0.266 e. The Balaban J connectivity index is 1.86. The fourth-order valence-electron chi connectivity index (χ4n) is 2.63. The van der Waals surface area contributed by atoms with Crippen LogP contribution in [0.2, 0.25) is 0 Å². The Morgan fingerprint density at radius 1 is 1.21 bits per heavy atom. The summed E-state index contributed by atoms with van der Waals surface area (Å²) in [4.78, 5) is 30.7. The van der Waals surface area contributed by atoms with Crippen molar-refractivity contribution in [2.75, 3.05) is 13.2 Å². The minimum atomic E-state index is -0.540. The molecule has 0 radical (unpaired) electrons. The third kappa shape index (κ3) is 5.01. The van der Waals surface area contributed by atoms with E-state index >= 15 is 0 Å². The molecule has 0 unspecified atom stereocenters. The summed E-state index contributed by atoms with van der Waals surface area (Å²) >= 11 is 1.35. The topological polar surface area (TPSA) is 85.0 Å². The van der Waals surface area contributed by atoms with Gasteiger partial charge in [0.15, 0.2) is 11.8 Å². The van der Waals surface area contributed by atoms with Gasteiger partial charge in [-0.2, -0.15) is 0 Å². The predicted molar refractivity (Wildman–Crippen MR) is 112 cm³/mol. The van der Waals surface area contributed by atoms with E-state index < -0.39 is 5.91 Å². The molecule has 0 aromatic heterocycles. The van der Waals surface area contributed by atoms with Gasteiger partial charge in [-0.05, 0) is 54.1 Å². The molecule has 0 bridgehead atoms. The first kappa shape index (κ1) is 19.7. The molecule has 144 valence electrons. The van der Waals surface area contributed by atoms with Gasteiger partial charge in [0.05, 0.1) is 10.6 Å². The van der Waals surface area contributed by atoms with E-state index in [-0.39, 0.29) is 12.5 Å². The molecule has 1 heterocycles. The van der Waals surface area contributed by atoms with Crippen molar-refractivity contribution < 1.29 is 14.3 Å². The number of ether oxygens (including phenoxy) is 1. The van der Waals surface area contributed by atoms with E-state index in [4.69, 9.17) is 10.5 Å². The highest BCUT2D eigenvalue weighted by molar-refractivity contribution is 8.18. The first-order chi connectivity index (χ1) is 13.6. The summed E-state index contributed by atoms with van der Waals surface area (Å²) < 4.78 is 5.33. The van der Waals surface area contributed by atoms with Crippen LogP contribution in [-0.4, -0.2) is 35.0 Å². The third-order valence-electron chi connectivity index (χ3n) is 3.85. The van der Waals surface area contributed by atoms with Crippen molar-refractivity contribution in [3.8, 4) is 5.75 Å². The average molecular weight is 395 g/mol. The molecule has 1 aliphatic heterocycles. The fourth-order valence-corrected chi connectivity index (χ4v) is 3.65. The lowest BCUT2D eigenvalue weighted by molar-refractivity contribution is -0.122. The summed E-state index contributed by atoms with van der Waals surface area (Å²) in [5.74, 6) is -0.0839. The average Bonchev–Trinajstić information content (AvgIpc) is 2.97. The Hall–Kier alpha value is -3.06. The summed E-state index contributed by atoms with van der Waals surface area (Å²) in [7, 11) is 0. The van der Waals surface area contributed by atoms with E-state index in [0.29, 0.717) is 22.4 Å². The van der Waals surface area contributed by atoms with Crippen LogP contribution < -0.4 is 10.5 Å². The normalized spacial score (nSPS) is 16.8. The molecule has 6 nitrogen and oxygen atoms in total. The largest absolute Gasteiger partial charge is 0.484 e. The molecule has 7 heteroatoms. The highest BCUT2D eigenvalue weighted by Crippen LogP contribution is 2.34. The van der Waals surface area contributed by atoms with E-state index in [1.54, 1.807) is 29.2 Å². The number of amides is 2. The Bertz CT molecular complexity index is 926. The van der Waals surface area contributed by atoms with Gasteiger partial charge < -0.3 is 10.5 Å². The van der Waals surface area contributed by atoms with Crippen LogP contribution in [0.3, 0.4) is 0 Å². The lowest BCUT2D eigenvalue weighted by Gasteiger charge is -2.13. The standard InChI is InChI=1S/C21H21N3O3S/c1-2-11-24-20(26)18(28-21(24)23-16-8-4-3-5-9-16)13-15-7-6-10-17(12-15)27-14-19(22)25/h3-10,12-13H,2,11,14H2,1H3,(H2,22,25)/b18-13+,23-21?. The molecule has 0 saturated carbocycles. The van der Waals surface area contributed by atoms with Crippen LogP contribution in [0.15, 0.2) is 64.5 Å². The third-order valence-corrected chi connectivity index (χ3v) is 4.86. The minimum Gasteiger partial charge on any atom is -0.484 e. The Kier molecular flexibility index (Phi) is 6.49. The van der Waals surface area contributed by atoms with Gasteiger partial charge in [0.25, 0.3) is 11.8 Å². The molecule has 0 spiro atoms. The van der Waals surface area contributed by atoms with E-state index in [1.165, 1.54) is 11.8 Å². The quantitative estimate of drug-likeness (QED) is 0.727. The molecule has 28 heavy (non-hydrogen) atoms. The van der Waals surface area contributed by atoms with Crippen LogP contribution in [-0.2, 0) is 9.59 Å². The molecule has 2 aromatic carbocycles. The molecule has 1 saturated heterocycles. The molecular formula is C21H21N3O3S. The van der Waals surface area contributed by atoms with Crippen molar-refractivity contribution >= 4 is 40.5 Å². The number of rotatable bonds is 7. The van der Waals surface area contributed by atoms with E-state index in [9.17, 15) is 9.59 Å². The zero-order valence-corrected chi connectivity index (χ0v) is 16.3. The number of carbonyl (C=O) groups excluding carboxylic acids is 2. The second-order valence-electron chi connectivity index (χ2n) is 6.12. The smallest absolute Gasteiger partial charge is 0.266 e. The van der Waals surface area contributed by atoms with E-state index in [0.717, 1.165) is 17.7 Å². The number of para-hydroxylation sites is 1. The molecule has 2 amide bonds. The zero-order valence-electron chi connectivity index (χ0n) is 15.5. The summed E-state index contributed by atoms with van der Waals surface area (Å²) in [6.07, 6.45) is 2.64. The number of hydrogen-bond acceptors (Lipinski definition) is 5. The van der Waals surface area contributed by atoms with Crippen molar-refractivity contribution in [2.45, 2.75) is 13.3 Å². The van der Waals surface area contributed by atoms with Crippen molar-refractivity contribution in [1.82, 2.24) is 4.90 Å². The minimum absolute atomic E-state index is 0.0648. The van der Waals surface area contributed by atoms with Crippen molar-refractivity contribution in [3.63, 3.8) is 0 Å². The van der Waals surface area contributed by atoms with Gasteiger partial charge in [0.2, 0.25) is 0 Å². The molecule has 1 aliphatic rings. The highest BCUT2D eigenvalue weighted by atomic mass is 32.2. The van der Waals surface area contributed by atoms with Gasteiger partial charge in [-0.25, -0.2) is 4.99 Å². The molecule has 2 aromatic rings. The van der Waals surface area contributed by atoms with Crippen molar-refractivity contribution in [2.24, 2.45) is 10.7 Å². The van der Waals surface area contributed by atoms with E-state index in [2.05, 4.69) is 4.99 Å². The number of thioether (sulfide) groups is 1. The number of nitrogens with two attached hydrogens (primary N) is 1. The monoisotopic (exact) mass is 395 g/mol. The van der Waals surface area contributed by atoms with Gasteiger partial charge in [-0.3, -0.25) is 14.5 Å². The summed E-state index contributed by atoms with van der Waals surface area (Å²) in [5, 5.41) is 0.672. The Morgan fingerprint density at radius 3 is 2.71 bits per heavy atom. The first-order valence-electron chi connectivity index (χ1n) is 8.93. The number of primary amides is 1. The maximum absolute atomic E-state index is 12.9. The number of nitrogens with zero attached hydrogens (tertiary/aromatic N) is 2. The Morgan fingerprint density at radius 2 is 2.00 bits per heavy atom. The number of aliphatic imine (C=N–C) groups is 1. The predicted octanol–water partition coefficient (Wildman–Crippen LogP) is 3.56. The van der Waals surface area contributed by atoms with Crippen LogP contribution >= 0.6 is 11.8 Å². The van der Waals surface area contributed by atoms with Gasteiger partial charge in [-0.1, -0.05) is 37.3 Å². The molecule has 0 atom stereocenters. The van der Waals surface area contributed by atoms with Crippen LogP contribution in [0.1, 0.15) is 18.9 Å². The zero-order chi connectivity index (χ0) is 19.9. The number of hydrogen-bond donors (Lipinski definition) is 1. The van der Waals surface area contributed by atoms with Gasteiger partial charge in [0, 0.05) is 6.54 Å². The summed E-state index contributed by atoms with van der Waals surface area (Å²) in [6, 6.07) is 16.7. The second-order valence-corrected chi connectivity index (χ2v) is 7.13. The Labute approximate surface area is 168 Å². The van der Waals surface area contributed by atoms with Crippen molar-refractivity contribution in [3.05, 3.63) is 65.1 Å². The molecule has 2 N–H and O–H groups in total. The van der Waals surface area contributed by atoms with Gasteiger partial charge in [0.1, 0.15) is 5.75 Å². The first-order valence-corrected chi connectivity index (χ1v) is 9.75. The maximum atomic E-state index is 12.9. The number of benzene rings is 2. The molecule has 3 rings (SSSR count). The highest BCUT2D eigenvalue weighted by Gasteiger charge is 2.32. The van der Waals surface area contributed by atoms with Crippen LogP contribution in [0.4, 0.5) is 5.69 Å². The number of carbonyl (C=O) groups is 2. The molecular weight excluding hydrogens is 374 g/mol.